The Balaban J connectivity index is 0.00000272. The first-order valence-electron chi connectivity index (χ1n) is 10.1. The summed E-state index contributed by atoms with van der Waals surface area (Å²) in [6.07, 6.45) is 0.873. The highest BCUT2D eigenvalue weighted by Crippen LogP contribution is 2.32. The zero-order valence-corrected chi connectivity index (χ0v) is 20.1. The molecule has 0 spiro atoms. The number of fused-ring (bicyclic) bond motifs is 1. The number of halogens is 1. The van der Waals surface area contributed by atoms with Gasteiger partial charge in [0, 0.05) is 29.4 Å². The molecule has 4 rings (SSSR count). The number of aromatic nitrogens is 2. The maximum Gasteiger partial charge on any atom is 0.193 e. The van der Waals surface area contributed by atoms with Gasteiger partial charge >= 0.3 is 0 Å². The van der Waals surface area contributed by atoms with E-state index in [0.29, 0.717) is 25.7 Å². The molecule has 1 aliphatic rings. The number of benzene rings is 2. The molecule has 0 aliphatic carbocycles. The molecule has 2 aromatic carbocycles. The number of nitrogens with zero attached hydrogens (tertiary/aromatic N) is 3. The molecule has 0 fully saturated rings. The molecule has 0 unspecified atom stereocenters. The largest absolute Gasteiger partial charge is 0.490 e. The summed E-state index contributed by atoms with van der Waals surface area (Å²) in [6, 6.07) is 16.0. The van der Waals surface area contributed by atoms with Crippen molar-refractivity contribution in [2.24, 2.45) is 10.7 Å². The second-order valence-corrected chi connectivity index (χ2v) is 7.33. The summed E-state index contributed by atoms with van der Waals surface area (Å²) in [4.78, 5) is 4.52. The molecule has 164 valence electrons. The van der Waals surface area contributed by atoms with E-state index in [0.717, 1.165) is 47.1 Å². The van der Waals surface area contributed by atoms with Gasteiger partial charge in [-0.25, -0.2) is 4.99 Å². The van der Waals surface area contributed by atoms with Crippen molar-refractivity contribution >= 4 is 35.6 Å². The van der Waals surface area contributed by atoms with Gasteiger partial charge in [-0.1, -0.05) is 30.3 Å². The van der Waals surface area contributed by atoms with Gasteiger partial charge in [-0.2, -0.15) is 5.10 Å². The summed E-state index contributed by atoms with van der Waals surface area (Å²) < 4.78 is 13.4. The first kappa shape index (κ1) is 22.9. The van der Waals surface area contributed by atoms with E-state index in [-0.39, 0.29) is 24.0 Å². The van der Waals surface area contributed by atoms with Crippen LogP contribution in [0.25, 0.3) is 0 Å². The third-order valence-electron chi connectivity index (χ3n) is 5.13. The van der Waals surface area contributed by atoms with Gasteiger partial charge < -0.3 is 20.5 Å². The summed E-state index contributed by atoms with van der Waals surface area (Å²) in [6.45, 7) is 6.59. The molecule has 2 heterocycles. The molecule has 0 bridgehead atoms. The topological polar surface area (TPSA) is 86.7 Å². The summed E-state index contributed by atoms with van der Waals surface area (Å²) in [5.41, 5.74) is 11.3. The fourth-order valence-corrected chi connectivity index (χ4v) is 3.47. The number of ether oxygens (including phenoxy) is 2. The van der Waals surface area contributed by atoms with Crippen molar-refractivity contribution in [1.82, 2.24) is 9.78 Å². The molecule has 0 atom stereocenters. The van der Waals surface area contributed by atoms with Gasteiger partial charge in [0.2, 0.25) is 0 Å². The van der Waals surface area contributed by atoms with Crippen molar-refractivity contribution in [3.63, 3.8) is 0 Å². The Bertz CT molecular complexity index is 1050. The Kier molecular flexibility index (Phi) is 7.78. The Hall–Kier alpha value is -2.75. The number of guanidine groups is 1. The average molecular weight is 533 g/mol. The van der Waals surface area contributed by atoms with Gasteiger partial charge in [0.1, 0.15) is 0 Å². The van der Waals surface area contributed by atoms with Crippen LogP contribution in [-0.4, -0.2) is 29.0 Å². The lowest BCUT2D eigenvalue weighted by Crippen LogP contribution is -2.22. The van der Waals surface area contributed by atoms with Crippen LogP contribution in [0.3, 0.4) is 0 Å². The van der Waals surface area contributed by atoms with Crippen molar-refractivity contribution in [2.75, 3.05) is 18.5 Å². The van der Waals surface area contributed by atoms with Gasteiger partial charge in [0.15, 0.2) is 17.5 Å². The lowest BCUT2D eigenvalue weighted by atomic mass is 10.2. The second kappa shape index (κ2) is 10.5. The van der Waals surface area contributed by atoms with Gasteiger partial charge in [0.25, 0.3) is 0 Å². The van der Waals surface area contributed by atoms with Gasteiger partial charge in [-0.15, -0.1) is 24.0 Å². The highest BCUT2D eigenvalue weighted by Gasteiger charge is 2.13. The SMILES string of the molecule is Cc1nn(Cc2ccccc2)c(C)c1CN=C(N)Nc1ccc2c(c1)OCCCO2.I. The fourth-order valence-electron chi connectivity index (χ4n) is 3.47. The number of hydrogen-bond donors (Lipinski definition) is 2. The van der Waals surface area contributed by atoms with E-state index in [4.69, 9.17) is 15.2 Å². The first-order chi connectivity index (χ1) is 14.6. The fraction of sp³-hybridized carbons (Fsp3) is 0.304. The number of nitrogens with two attached hydrogens (primary N) is 1. The third-order valence-corrected chi connectivity index (χ3v) is 5.13. The van der Waals surface area contributed by atoms with Gasteiger partial charge in [-0.3, -0.25) is 4.68 Å². The van der Waals surface area contributed by atoms with Crippen LogP contribution in [0.5, 0.6) is 11.5 Å². The molecule has 3 N–H and O–H groups in total. The van der Waals surface area contributed by atoms with Crippen molar-refractivity contribution in [2.45, 2.75) is 33.4 Å². The quantitative estimate of drug-likeness (QED) is 0.291. The standard InChI is InChI=1S/C23H27N5O2.HI/c1-16-20(17(2)28(27-16)15-18-7-4-3-5-8-18)14-25-23(24)26-19-9-10-21-22(13-19)30-12-6-11-29-21;/h3-5,7-10,13H,6,11-12,14-15H2,1-2H3,(H3,24,25,26);1H. The van der Waals surface area contributed by atoms with Gasteiger partial charge in [-0.05, 0) is 31.5 Å². The van der Waals surface area contributed by atoms with Crippen LogP contribution in [0.15, 0.2) is 53.5 Å². The smallest absolute Gasteiger partial charge is 0.193 e. The maximum absolute atomic E-state index is 6.13. The van der Waals surface area contributed by atoms with E-state index in [9.17, 15) is 0 Å². The van der Waals surface area contributed by atoms with Crippen LogP contribution < -0.4 is 20.5 Å². The van der Waals surface area contributed by atoms with E-state index >= 15 is 0 Å². The lowest BCUT2D eigenvalue weighted by Gasteiger charge is -2.11. The molecule has 0 amide bonds. The molecule has 8 heteroatoms. The van der Waals surface area contributed by atoms with E-state index < -0.39 is 0 Å². The molecule has 0 radical (unpaired) electrons. The number of nitrogens with one attached hydrogen (secondary N) is 1. The zero-order valence-electron chi connectivity index (χ0n) is 17.8. The van der Waals surface area contributed by atoms with Crippen molar-refractivity contribution in [3.05, 3.63) is 71.0 Å². The van der Waals surface area contributed by atoms with Gasteiger partial charge in [0.05, 0.1) is 32.0 Å². The predicted octanol–water partition coefficient (Wildman–Crippen LogP) is 4.25. The molecule has 7 nitrogen and oxygen atoms in total. The van der Waals surface area contributed by atoms with Crippen molar-refractivity contribution in [3.8, 4) is 11.5 Å². The first-order valence-corrected chi connectivity index (χ1v) is 10.1. The molecule has 1 aliphatic heterocycles. The molecule has 0 saturated carbocycles. The van der Waals surface area contributed by atoms with Crippen LogP contribution >= 0.6 is 24.0 Å². The highest BCUT2D eigenvalue weighted by atomic mass is 127. The normalized spacial score (nSPS) is 13.3. The number of rotatable bonds is 5. The monoisotopic (exact) mass is 533 g/mol. The zero-order chi connectivity index (χ0) is 20.9. The minimum absolute atomic E-state index is 0. The van der Waals surface area contributed by atoms with Crippen LogP contribution in [0, 0.1) is 13.8 Å². The van der Waals surface area contributed by atoms with Crippen LogP contribution in [0.1, 0.15) is 28.9 Å². The molecule has 3 aromatic rings. The number of aryl methyl sites for hydroxylation is 1. The van der Waals surface area contributed by atoms with Crippen molar-refractivity contribution in [1.29, 1.82) is 0 Å². The minimum atomic E-state index is 0. The number of anilines is 1. The summed E-state index contributed by atoms with van der Waals surface area (Å²) in [5.74, 6) is 1.82. The average Bonchev–Trinajstić information content (AvgIpc) is 2.89. The molecular weight excluding hydrogens is 505 g/mol. The lowest BCUT2D eigenvalue weighted by molar-refractivity contribution is 0.297. The molecule has 1 aromatic heterocycles. The number of aliphatic imine (C=N–C) groups is 1. The predicted molar refractivity (Wildman–Crippen MR) is 134 cm³/mol. The molecular formula is C23H28IN5O2. The van der Waals surface area contributed by atoms with Crippen LogP contribution in [0.2, 0.25) is 0 Å². The highest BCUT2D eigenvalue weighted by molar-refractivity contribution is 14.0. The molecule has 0 saturated heterocycles. The second-order valence-electron chi connectivity index (χ2n) is 7.33. The Labute approximate surface area is 199 Å². The Morgan fingerprint density at radius 3 is 2.61 bits per heavy atom. The van der Waals surface area contributed by atoms with E-state index in [1.807, 2.05) is 48.0 Å². The Morgan fingerprint density at radius 1 is 1.10 bits per heavy atom. The van der Waals surface area contributed by atoms with E-state index in [2.05, 4.69) is 34.5 Å². The number of hydrogen-bond acceptors (Lipinski definition) is 4. The summed E-state index contributed by atoms with van der Waals surface area (Å²) in [5, 5.41) is 7.81. The molecule has 31 heavy (non-hydrogen) atoms. The minimum Gasteiger partial charge on any atom is -0.490 e. The summed E-state index contributed by atoms with van der Waals surface area (Å²) >= 11 is 0. The van der Waals surface area contributed by atoms with E-state index in [1.165, 1.54) is 5.56 Å². The summed E-state index contributed by atoms with van der Waals surface area (Å²) in [7, 11) is 0. The van der Waals surface area contributed by atoms with Crippen molar-refractivity contribution < 1.29 is 9.47 Å². The third kappa shape index (κ3) is 5.69. The van der Waals surface area contributed by atoms with E-state index in [1.54, 1.807) is 0 Å². The Morgan fingerprint density at radius 2 is 1.84 bits per heavy atom. The van der Waals surface area contributed by atoms with Crippen LogP contribution in [0.4, 0.5) is 5.69 Å². The maximum atomic E-state index is 6.13. The van der Waals surface area contributed by atoms with Crippen LogP contribution in [-0.2, 0) is 13.1 Å².